The molecule has 7 nitrogen and oxygen atoms in total. The summed E-state index contributed by atoms with van der Waals surface area (Å²) in [6.07, 6.45) is 0.980. The van der Waals surface area contributed by atoms with E-state index >= 15 is 0 Å². The number of rotatable bonds is 4. The topological polar surface area (TPSA) is 77.6 Å². The SMILES string of the molecule is C[C@@H]1CNc2c(sc3ccc4nc(-c5ccc(N6CCN(CC=O)CC6)cc5)ccc4c23)C(=O)N1. The third kappa shape index (κ3) is 4.02. The van der Waals surface area contributed by atoms with Crippen molar-refractivity contribution in [1.29, 1.82) is 0 Å². The number of anilines is 2. The molecule has 2 aromatic heterocycles. The summed E-state index contributed by atoms with van der Waals surface area (Å²) in [5.41, 5.74) is 5.04. The number of fused-ring (bicyclic) bond motifs is 5. The van der Waals surface area contributed by atoms with Crippen molar-refractivity contribution in [2.45, 2.75) is 13.0 Å². The van der Waals surface area contributed by atoms with Crippen molar-refractivity contribution in [2.24, 2.45) is 0 Å². The number of nitrogens with one attached hydrogen (secondary N) is 2. The van der Waals surface area contributed by atoms with E-state index in [9.17, 15) is 9.59 Å². The monoisotopic (exact) mass is 485 g/mol. The average molecular weight is 486 g/mol. The minimum atomic E-state index is -0.0123. The van der Waals surface area contributed by atoms with Gasteiger partial charge in [0.25, 0.3) is 5.91 Å². The number of piperazine rings is 1. The van der Waals surface area contributed by atoms with Crippen LogP contribution in [0, 0.1) is 0 Å². The van der Waals surface area contributed by atoms with E-state index in [0.717, 1.165) is 75.3 Å². The van der Waals surface area contributed by atoms with Crippen LogP contribution in [0.5, 0.6) is 0 Å². The molecule has 1 atom stereocenters. The molecular weight excluding hydrogens is 458 g/mol. The van der Waals surface area contributed by atoms with Gasteiger partial charge in [0.15, 0.2) is 0 Å². The van der Waals surface area contributed by atoms with Crippen molar-refractivity contribution < 1.29 is 9.59 Å². The predicted molar refractivity (Wildman–Crippen MR) is 143 cm³/mol. The fourth-order valence-electron chi connectivity index (χ4n) is 5.02. The van der Waals surface area contributed by atoms with E-state index in [-0.39, 0.29) is 11.9 Å². The van der Waals surface area contributed by atoms with Crippen LogP contribution >= 0.6 is 11.3 Å². The minimum absolute atomic E-state index is 0.0123. The van der Waals surface area contributed by atoms with Gasteiger partial charge in [0.2, 0.25) is 0 Å². The number of benzene rings is 2. The number of aromatic nitrogens is 1. The molecular formula is C27H27N5O2S. The molecule has 4 heterocycles. The molecule has 4 aromatic rings. The summed E-state index contributed by atoms with van der Waals surface area (Å²) in [5, 5.41) is 8.67. The van der Waals surface area contributed by atoms with E-state index in [1.54, 1.807) is 0 Å². The van der Waals surface area contributed by atoms with Crippen molar-refractivity contribution in [3.05, 3.63) is 53.4 Å². The van der Waals surface area contributed by atoms with Crippen LogP contribution in [0.25, 0.3) is 32.2 Å². The van der Waals surface area contributed by atoms with Crippen molar-refractivity contribution in [3.63, 3.8) is 0 Å². The van der Waals surface area contributed by atoms with Gasteiger partial charge < -0.3 is 20.3 Å². The average Bonchev–Trinajstić information content (AvgIpc) is 3.21. The number of amides is 1. The molecule has 8 heteroatoms. The fraction of sp³-hybridized carbons (Fsp3) is 0.296. The van der Waals surface area contributed by atoms with Crippen molar-refractivity contribution in [3.8, 4) is 11.3 Å². The summed E-state index contributed by atoms with van der Waals surface area (Å²) in [6.45, 7) is 6.88. The highest BCUT2D eigenvalue weighted by Crippen LogP contribution is 2.41. The number of carbonyl (C=O) groups excluding carboxylic acids is 2. The molecule has 6 rings (SSSR count). The Bertz CT molecular complexity index is 1420. The Balaban J connectivity index is 1.30. The number of thiophene rings is 1. The van der Waals surface area contributed by atoms with E-state index in [2.05, 4.69) is 62.9 Å². The molecule has 0 aliphatic carbocycles. The second-order valence-corrected chi connectivity index (χ2v) is 10.3. The molecule has 0 radical (unpaired) electrons. The first-order chi connectivity index (χ1) is 17.1. The molecule has 0 bridgehead atoms. The summed E-state index contributed by atoms with van der Waals surface area (Å²) >= 11 is 1.53. The van der Waals surface area contributed by atoms with Gasteiger partial charge >= 0.3 is 0 Å². The van der Waals surface area contributed by atoms with Gasteiger partial charge in [0.05, 0.1) is 23.4 Å². The number of aldehydes is 1. The van der Waals surface area contributed by atoms with Gasteiger partial charge in [-0.3, -0.25) is 9.69 Å². The molecule has 1 fully saturated rings. The molecule has 178 valence electrons. The Morgan fingerprint density at radius 1 is 1.06 bits per heavy atom. The maximum atomic E-state index is 12.7. The van der Waals surface area contributed by atoms with E-state index in [0.29, 0.717) is 13.1 Å². The highest BCUT2D eigenvalue weighted by molar-refractivity contribution is 7.21. The zero-order valence-corrected chi connectivity index (χ0v) is 20.4. The third-order valence-electron chi connectivity index (χ3n) is 6.92. The largest absolute Gasteiger partial charge is 0.381 e. The lowest BCUT2D eigenvalue weighted by atomic mass is 10.1. The quantitative estimate of drug-likeness (QED) is 0.426. The zero-order valence-electron chi connectivity index (χ0n) is 19.6. The minimum Gasteiger partial charge on any atom is -0.381 e. The predicted octanol–water partition coefficient (Wildman–Crippen LogP) is 3.98. The number of hydrogen-bond acceptors (Lipinski definition) is 7. The van der Waals surface area contributed by atoms with E-state index in [1.807, 2.05) is 13.0 Å². The number of hydrogen-bond donors (Lipinski definition) is 2. The maximum Gasteiger partial charge on any atom is 0.263 e. The highest BCUT2D eigenvalue weighted by Gasteiger charge is 2.25. The normalized spacial score (nSPS) is 18.7. The van der Waals surface area contributed by atoms with Crippen LogP contribution in [0.3, 0.4) is 0 Å². The molecule has 0 unspecified atom stereocenters. The number of carbonyl (C=O) groups is 2. The first kappa shape index (κ1) is 22.0. The summed E-state index contributed by atoms with van der Waals surface area (Å²) < 4.78 is 1.09. The van der Waals surface area contributed by atoms with E-state index in [1.165, 1.54) is 17.0 Å². The van der Waals surface area contributed by atoms with Crippen LogP contribution in [0.15, 0.2) is 48.5 Å². The van der Waals surface area contributed by atoms with Gasteiger partial charge in [-0.2, -0.15) is 0 Å². The molecule has 0 saturated carbocycles. The second-order valence-electron chi connectivity index (χ2n) is 9.26. The third-order valence-corrected chi connectivity index (χ3v) is 8.08. The first-order valence-corrected chi connectivity index (χ1v) is 12.8. The lowest BCUT2D eigenvalue weighted by Crippen LogP contribution is -2.46. The molecule has 1 saturated heterocycles. The Morgan fingerprint density at radius 2 is 1.86 bits per heavy atom. The summed E-state index contributed by atoms with van der Waals surface area (Å²) in [6, 6.07) is 17.0. The number of pyridine rings is 1. The molecule has 2 aliphatic heterocycles. The molecule has 2 N–H and O–H groups in total. The Hall–Kier alpha value is -3.49. The van der Waals surface area contributed by atoms with Gasteiger partial charge in [-0.05, 0) is 43.3 Å². The standard InChI is InChI=1S/C27H27N5O2S/c1-17-16-28-25-24-20-6-7-21(30-22(20)8-9-23(24)35-26(25)27(34)29-17)18-2-4-19(5-3-18)32-12-10-31(11-13-32)14-15-33/h2-9,15,17,28H,10-14,16H2,1H3,(H,29,34)/t17-/m1/s1. The van der Waals surface area contributed by atoms with Crippen LogP contribution in [-0.2, 0) is 4.79 Å². The van der Waals surface area contributed by atoms with Crippen LogP contribution < -0.4 is 15.5 Å². The van der Waals surface area contributed by atoms with Crippen molar-refractivity contribution in [1.82, 2.24) is 15.2 Å². The van der Waals surface area contributed by atoms with E-state index < -0.39 is 0 Å². The summed E-state index contributed by atoms with van der Waals surface area (Å²) in [7, 11) is 0. The molecule has 2 aromatic carbocycles. The molecule has 1 amide bonds. The summed E-state index contributed by atoms with van der Waals surface area (Å²) in [4.78, 5) is 33.7. The Morgan fingerprint density at radius 3 is 2.63 bits per heavy atom. The highest BCUT2D eigenvalue weighted by atomic mass is 32.1. The first-order valence-electron chi connectivity index (χ1n) is 12.0. The van der Waals surface area contributed by atoms with Crippen LogP contribution in [0.1, 0.15) is 16.6 Å². The van der Waals surface area contributed by atoms with Gasteiger partial charge in [-0.15, -0.1) is 11.3 Å². The van der Waals surface area contributed by atoms with Crippen molar-refractivity contribution >= 4 is 55.9 Å². The lowest BCUT2D eigenvalue weighted by molar-refractivity contribution is -0.108. The van der Waals surface area contributed by atoms with Gasteiger partial charge in [0.1, 0.15) is 11.2 Å². The Kier molecular flexibility index (Phi) is 5.62. The Labute approximate surface area is 207 Å². The zero-order chi connectivity index (χ0) is 23.9. The van der Waals surface area contributed by atoms with Crippen LogP contribution in [0.4, 0.5) is 11.4 Å². The summed E-state index contributed by atoms with van der Waals surface area (Å²) in [5.74, 6) is -0.0123. The molecule has 0 spiro atoms. The van der Waals surface area contributed by atoms with Gasteiger partial charge in [0, 0.05) is 65.5 Å². The van der Waals surface area contributed by atoms with Gasteiger partial charge in [-0.1, -0.05) is 12.1 Å². The smallest absolute Gasteiger partial charge is 0.263 e. The van der Waals surface area contributed by atoms with Crippen molar-refractivity contribution in [2.75, 3.05) is 49.5 Å². The van der Waals surface area contributed by atoms with Crippen LogP contribution in [0.2, 0.25) is 0 Å². The second kappa shape index (κ2) is 8.94. The number of nitrogens with zero attached hydrogens (tertiary/aromatic N) is 3. The lowest BCUT2D eigenvalue weighted by Gasteiger charge is -2.35. The van der Waals surface area contributed by atoms with E-state index in [4.69, 9.17) is 4.98 Å². The van der Waals surface area contributed by atoms with Crippen LogP contribution in [-0.4, -0.2) is 67.4 Å². The maximum absolute atomic E-state index is 12.7. The fourth-order valence-corrected chi connectivity index (χ4v) is 6.12. The van der Waals surface area contributed by atoms with Gasteiger partial charge in [-0.25, -0.2) is 4.98 Å². The molecule has 35 heavy (non-hydrogen) atoms. The molecule has 2 aliphatic rings.